The van der Waals surface area contributed by atoms with Gasteiger partial charge in [-0.05, 0) is 20.0 Å². The van der Waals surface area contributed by atoms with Gasteiger partial charge in [-0.25, -0.2) is 0 Å². The van der Waals surface area contributed by atoms with Gasteiger partial charge in [0, 0.05) is 6.42 Å². The molecule has 3 nitrogen and oxygen atoms in total. The van der Waals surface area contributed by atoms with E-state index in [9.17, 15) is 0 Å². The van der Waals surface area contributed by atoms with E-state index in [0.717, 1.165) is 13.0 Å². The van der Waals surface area contributed by atoms with E-state index in [2.05, 4.69) is 6.07 Å². The first kappa shape index (κ1) is 8.94. The van der Waals surface area contributed by atoms with E-state index in [1.165, 1.54) is 0 Å². The third-order valence-corrected chi connectivity index (χ3v) is 1.17. The first-order valence-corrected chi connectivity index (χ1v) is 3.23. The van der Waals surface area contributed by atoms with Crippen LogP contribution in [0.4, 0.5) is 0 Å². The molecule has 0 bridgehead atoms. The Hall–Kier alpha value is -1.06. The summed E-state index contributed by atoms with van der Waals surface area (Å²) >= 11 is 0. The molecule has 0 aromatic rings. The van der Waals surface area contributed by atoms with Gasteiger partial charge in [0.2, 0.25) is 0 Å². The second-order valence-electron chi connectivity index (χ2n) is 2.16. The molecule has 0 aliphatic carbocycles. The Morgan fingerprint density at radius 3 is 2.50 bits per heavy atom. The fourth-order valence-electron chi connectivity index (χ4n) is 0.628. The van der Waals surface area contributed by atoms with Crippen molar-refractivity contribution >= 4 is 0 Å². The molecule has 0 atom stereocenters. The van der Waals surface area contributed by atoms with Crippen molar-refractivity contribution in [1.29, 1.82) is 10.5 Å². The van der Waals surface area contributed by atoms with Gasteiger partial charge in [0.05, 0.1) is 18.7 Å². The molecule has 0 heterocycles. The molecule has 0 rings (SSSR count). The molecule has 0 fully saturated rings. The second-order valence-corrected chi connectivity index (χ2v) is 2.16. The molecule has 10 heavy (non-hydrogen) atoms. The second kappa shape index (κ2) is 6.07. The fraction of sp³-hybridized carbons (Fsp3) is 0.714. The summed E-state index contributed by atoms with van der Waals surface area (Å²) in [6, 6.07) is 4.09. The van der Waals surface area contributed by atoms with Crippen molar-refractivity contribution in [2.45, 2.75) is 12.8 Å². The fourth-order valence-corrected chi connectivity index (χ4v) is 0.628. The number of hydrogen-bond acceptors (Lipinski definition) is 3. The lowest BCUT2D eigenvalue weighted by molar-refractivity contribution is 0.370. The molecule has 54 valence electrons. The van der Waals surface area contributed by atoms with Crippen LogP contribution >= 0.6 is 0 Å². The quantitative estimate of drug-likeness (QED) is 0.424. The van der Waals surface area contributed by atoms with Crippen LogP contribution in [0.15, 0.2) is 0 Å². The van der Waals surface area contributed by atoms with Gasteiger partial charge in [0.25, 0.3) is 0 Å². The highest BCUT2D eigenvalue weighted by atomic mass is 15.1. The minimum absolute atomic E-state index is 0.450. The zero-order valence-corrected chi connectivity index (χ0v) is 6.17. The molecule has 0 saturated heterocycles. The maximum absolute atomic E-state index is 8.24. The molecule has 0 amide bonds. The van der Waals surface area contributed by atoms with Crippen LogP contribution in [0.3, 0.4) is 0 Å². The maximum atomic E-state index is 8.24. The van der Waals surface area contributed by atoms with Crippen molar-refractivity contribution in [3.63, 3.8) is 0 Å². The van der Waals surface area contributed by atoms with Gasteiger partial charge in [-0.2, -0.15) is 10.5 Å². The van der Waals surface area contributed by atoms with Crippen molar-refractivity contribution in [2.24, 2.45) is 0 Å². The van der Waals surface area contributed by atoms with E-state index >= 15 is 0 Å². The minimum Gasteiger partial charge on any atom is -0.294 e. The van der Waals surface area contributed by atoms with Crippen molar-refractivity contribution in [3.05, 3.63) is 0 Å². The molecule has 0 aliphatic heterocycles. The van der Waals surface area contributed by atoms with E-state index in [0.29, 0.717) is 13.0 Å². The highest BCUT2D eigenvalue weighted by molar-refractivity contribution is 4.75. The molecule has 0 aliphatic rings. The van der Waals surface area contributed by atoms with Crippen LogP contribution in [0, 0.1) is 22.7 Å². The summed E-state index contributed by atoms with van der Waals surface area (Å²) in [7, 11) is 1.88. The first-order valence-electron chi connectivity index (χ1n) is 3.23. The molecule has 0 radical (unpaired) electrons. The van der Waals surface area contributed by atoms with Crippen molar-refractivity contribution in [3.8, 4) is 12.1 Å². The number of nitriles is 2. The number of rotatable bonds is 4. The third-order valence-electron chi connectivity index (χ3n) is 1.17. The Labute approximate surface area is 61.5 Å². The van der Waals surface area contributed by atoms with Crippen LogP contribution in [0.25, 0.3) is 0 Å². The van der Waals surface area contributed by atoms with Gasteiger partial charge in [-0.15, -0.1) is 0 Å². The standard InChI is InChI=1S/C7H11N3/c1-10(7-5-9)6-3-2-4-8/h2-3,6-7H2,1H3. The zero-order chi connectivity index (χ0) is 7.82. The largest absolute Gasteiger partial charge is 0.294 e. The molecular formula is C7H11N3. The summed E-state index contributed by atoms with van der Waals surface area (Å²) in [5.41, 5.74) is 0. The molecule has 0 N–H and O–H groups in total. The highest BCUT2D eigenvalue weighted by Gasteiger charge is 1.94. The third kappa shape index (κ3) is 5.08. The topological polar surface area (TPSA) is 50.8 Å². The predicted molar refractivity (Wildman–Crippen MR) is 38.0 cm³/mol. The van der Waals surface area contributed by atoms with Gasteiger partial charge in [0.1, 0.15) is 0 Å². The van der Waals surface area contributed by atoms with E-state index in [4.69, 9.17) is 10.5 Å². The predicted octanol–water partition coefficient (Wildman–Crippen LogP) is 0.746. The summed E-state index contributed by atoms with van der Waals surface area (Å²) in [6.45, 7) is 1.28. The average molecular weight is 137 g/mol. The van der Waals surface area contributed by atoms with Crippen LogP contribution in [-0.4, -0.2) is 25.0 Å². The average Bonchev–Trinajstić information content (AvgIpc) is 1.89. The zero-order valence-electron chi connectivity index (χ0n) is 6.17. The van der Waals surface area contributed by atoms with Gasteiger partial charge in [0.15, 0.2) is 0 Å². The van der Waals surface area contributed by atoms with Crippen LogP contribution in [0.1, 0.15) is 12.8 Å². The van der Waals surface area contributed by atoms with E-state index < -0.39 is 0 Å². The maximum Gasteiger partial charge on any atom is 0.0863 e. The lowest BCUT2D eigenvalue weighted by Gasteiger charge is -2.09. The molecule has 0 saturated carbocycles. The van der Waals surface area contributed by atoms with E-state index in [1.54, 1.807) is 0 Å². The van der Waals surface area contributed by atoms with Crippen LogP contribution in [0.2, 0.25) is 0 Å². The normalized spacial score (nSPS) is 8.80. The SMILES string of the molecule is CN(CC#N)CCCC#N. The summed E-state index contributed by atoms with van der Waals surface area (Å²) in [6.07, 6.45) is 1.43. The van der Waals surface area contributed by atoms with Gasteiger partial charge < -0.3 is 0 Å². The summed E-state index contributed by atoms with van der Waals surface area (Å²) in [5.74, 6) is 0. The Kier molecular flexibility index (Phi) is 5.42. The van der Waals surface area contributed by atoms with Crippen LogP contribution in [0.5, 0.6) is 0 Å². The summed E-state index contributed by atoms with van der Waals surface area (Å²) in [4.78, 5) is 1.90. The lowest BCUT2D eigenvalue weighted by Crippen LogP contribution is -2.19. The Bertz CT molecular complexity index is 151. The highest BCUT2D eigenvalue weighted by Crippen LogP contribution is 1.89. The van der Waals surface area contributed by atoms with Crippen molar-refractivity contribution in [1.82, 2.24) is 4.90 Å². The Morgan fingerprint density at radius 1 is 1.30 bits per heavy atom. The minimum atomic E-state index is 0.450. The molecule has 0 aromatic heterocycles. The van der Waals surface area contributed by atoms with Gasteiger partial charge in [-0.1, -0.05) is 0 Å². The Morgan fingerprint density at radius 2 is 2.00 bits per heavy atom. The van der Waals surface area contributed by atoms with Crippen molar-refractivity contribution in [2.75, 3.05) is 20.1 Å². The van der Waals surface area contributed by atoms with E-state index in [1.807, 2.05) is 18.0 Å². The molecule has 3 heteroatoms. The van der Waals surface area contributed by atoms with Crippen molar-refractivity contribution < 1.29 is 0 Å². The Balaban J connectivity index is 3.16. The van der Waals surface area contributed by atoms with Crippen LogP contribution < -0.4 is 0 Å². The molecule has 0 aromatic carbocycles. The monoisotopic (exact) mass is 137 g/mol. The summed E-state index contributed by atoms with van der Waals surface area (Å²) < 4.78 is 0. The van der Waals surface area contributed by atoms with Gasteiger partial charge in [-0.3, -0.25) is 4.90 Å². The van der Waals surface area contributed by atoms with E-state index in [-0.39, 0.29) is 0 Å². The molecule has 0 spiro atoms. The number of nitrogens with zero attached hydrogens (tertiary/aromatic N) is 3. The lowest BCUT2D eigenvalue weighted by atomic mass is 10.3. The number of hydrogen-bond donors (Lipinski definition) is 0. The summed E-state index contributed by atoms with van der Waals surface area (Å²) in [5, 5.41) is 16.4. The molecular weight excluding hydrogens is 126 g/mol. The smallest absolute Gasteiger partial charge is 0.0863 e. The van der Waals surface area contributed by atoms with Gasteiger partial charge >= 0.3 is 0 Å². The van der Waals surface area contributed by atoms with Crippen LogP contribution in [-0.2, 0) is 0 Å². The molecule has 0 unspecified atom stereocenters. The first-order chi connectivity index (χ1) is 4.81. The number of unbranched alkanes of at least 4 members (excludes halogenated alkanes) is 1.